The lowest BCUT2D eigenvalue weighted by atomic mass is 10.0. The molecule has 1 unspecified atom stereocenters. The molecule has 0 saturated heterocycles. The van der Waals surface area contributed by atoms with Crippen molar-refractivity contribution < 1.29 is 13.6 Å². The largest absolute Gasteiger partial charge is 0.341 e. The summed E-state index contributed by atoms with van der Waals surface area (Å²) in [4.78, 5) is 13.5. The predicted octanol–water partition coefficient (Wildman–Crippen LogP) is 2.30. The van der Waals surface area contributed by atoms with E-state index >= 15 is 0 Å². The van der Waals surface area contributed by atoms with Crippen LogP contribution < -0.4 is 5.73 Å². The third kappa shape index (κ3) is 4.59. The Kier molecular flexibility index (Phi) is 5.89. The van der Waals surface area contributed by atoms with E-state index in [0.29, 0.717) is 12.1 Å². The van der Waals surface area contributed by atoms with Gasteiger partial charge in [-0.25, -0.2) is 8.78 Å². The molecular formula is C14H20F2N2O. The number of nitrogens with two attached hydrogens (primary N) is 1. The van der Waals surface area contributed by atoms with E-state index in [9.17, 15) is 13.6 Å². The van der Waals surface area contributed by atoms with Gasteiger partial charge >= 0.3 is 0 Å². The van der Waals surface area contributed by atoms with Crippen LogP contribution in [0.15, 0.2) is 18.2 Å². The Balaban J connectivity index is 2.60. The Hall–Kier alpha value is -1.49. The molecule has 0 aliphatic heterocycles. The van der Waals surface area contributed by atoms with Crippen LogP contribution in [0.3, 0.4) is 0 Å². The topological polar surface area (TPSA) is 46.3 Å². The summed E-state index contributed by atoms with van der Waals surface area (Å²) in [6, 6.07) is 3.66. The molecule has 1 amide bonds. The maximum Gasteiger partial charge on any atom is 0.225 e. The summed E-state index contributed by atoms with van der Waals surface area (Å²) in [5.41, 5.74) is 5.98. The number of hydrogen-bond acceptors (Lipinski definition) is 2. The van der Waals surface area contributed by atoms with Crippen LogP contribution in [0, 0.1) is 17.6 Å². The fourth-order valence-electron chi connectivity index (χ4n) is 1.91. The zero-order valence-electron chi connectivity index (χ0n) is 11.3. The maximum atomic E-state index is 13.1. The van der Waals surface area contributed by atoms with Gasteiger partial charge in [0.1, 0.15) is 0 Å². The van der Waals surface area contributed by atoms with Crippen LogP contribution in [0.5, 0.6) is 0 Å². The quantitative estimate of drug-likeness (QED) is 0.862. The van der Waals surface area contributed by atoms with Crippen molar-refractivity contribution in [2.24, 2.45) is 11.7 Å². The summed E-state index contributed by atoms with van der Waals surface area (Å²) in [6.45, 7) is 2.67. The predicted molar refractivity (Wildman–Crippen MR) is 70.3 cm³/mol. The van der Waals surface area contributed by atoms with Gasteiger partial charge < -0.3 is 10.6 Å². The van der Waals surface area contributed by atoms with Gasteiger partial charge in [0.05, 0.1) is 0 Å². The SMILES string of the molecule is CC(CCCN)C(=O)N(C)Cc1ccc(F)c(F)c1. The lowest BCUT2D eigenvalue weighted by Crippen LogP contribution is -2.31. The first-order chi connectivity index (χ1) is 8.95. The molecule has 0 heterocycles. The van der Waals surface area contributed by atoms with Gasteiger partial charge in [-0.1, -0.05) is 13.0 Å². The molecule has 0 aliphatic carbocycles. The van der Waals surface area contributed by atoms with Crippen molar-refractivity contribution in [2.45, 2.75) is 26.3 Å². The van der Waals surface area contributed by atoms with Gasteiger partial charge in [-0.05, 0) is 37.1 Å². The number of hydrogen-bond donors (Lipinski definition) is 1. The summed E-state index contributed by atoms with van der Waals surface area (Å²) in [5, 5.41) is 0. The summed E-state index contributed by atoms with van der Waals surface area (Å²) in [6.07, 6.45) is 1.53. The highest BCUT2D eigenvalue weighted by Gasteiger charge is 2.17. The van der Waals surface area contributed by atoms with Crippen LogP contribution in [-0.2, 0) is 11.3 Å². The molecule has 1 aromatic carbocycles. The first-order valence-corrected chi connectivity index (χ1v) is 6.34. The van der Waals surface area contributed by atoms with E-state index in [4.69, 9.17) is 5.73 Å². The van der Waals surface area contributed by atoms with Crippen LogP contribution in [0.25, 0.3) is 0 Å². The smallest absolute Gasteiger partial charge is 0.225 e. The van der Waals surface area contributed by atoms with Crippen molar-refractivity contribution in [3.05, 3.63) is 35.4 Å². The summed E-state index contributed by atoms with van der Waals surface area (Å²) < 4.78 is 25.9. The molecule has 0 aliphatic rings. The number of carbonyl (C=O) groups excluding carboxylic acids is 1. The number of amides is 1. The first-order valence-electron chi connectivity index (χ1n) is 6.34. The molecule has 0 bridgehead atoms. The van der Waals surface area contributed by atoms with E-state index in [1.54, 1.807) is 7.05 Å². The van der Waals surface area contributed by atoms with Crippen molar-refractivity contribution in [2.75, 3.05) is 13.6 Å². The molecule has 19 heavy (non-hydrogen) atoms. The fraction of sp³-hybridized carbons (Fsp3) is 0.500. The van der Waals surface area contributed by atoms with Crippen molar-refractivity contribution in [3.63, 3.8) is 0 Å². The van der Waals surface area contributed by atoms with E-state index < -0.39 is 11.6 Å². The van der Waals surface area contributed by atoms with Crippen molar-refractivity contribution >= 4 is 5.91 Å². The van der Waals surface area contributed by atoms with E-state index in [2.05, 4.69) is 0 Å². The molecular weight excluding hydrogens is 250 g/mol. The highest BCUT2D eigenvalue weighted by molar-refractivity contribution is 5.78. The summed E-state index contributed by atoms with van der Waals surface area (Å²) in [5.74, 6) is -1.90. The van der Waals surface area contributed by atoms with E-state index in [1.807, 2.05) is 6.92 Å². The van der Waals surface area contributed by atoms with Gasteiger partial charge in [0.2, 0.25) is 5.91 Å². The number of halogens is 2. The van der Waals surface area contributed by atoms with E-state index in [1.165, 1.54) is 11.0 Å². The van der Waals surface area contributed by atoms with Gasteiger partial charge in [-0.2, -0.15) is 0 Å². The van der Waals surface area contributed by atoms with Gasteiger partial charge in [0.15, 0.2) is 11.6 Å². The Morgan fingerprint density at radius 1 is 1.37 bits per heavy atom. The van der Waals surface area contributed by atoms with Crippen LogP contribution in [0.1, 0.15) is 25.3 Å². The molecule has 1 rings (SSSR count). The average molecular weight is 270 g/mol. The Bertz CT molecular complexity index is 437. The minimum absolute atomic E-state index is 0.0156. The zero-order valence-corrected chi connectivity index (χ0v) is 11.3. The number of rotatable bonds is 6. The van der Waals surface area contributed by atoms with Gasteiger partial charge in [0, 0.05) is 19.5 Å². The van der Waals surface area contributed by atoms with Gasteiger partial charge in [0.25, 0.3) is 0 Å². The molecule has 106 valence electrons. The molecule has 0 radical (unpaired) electrons. The molecule has 1 atom stereocenters. The van der Waals surface area contributed by atoms with Crippen LogP contribution >= 0.6 is 0 Å². The summed E-state index contributed by atoms with van der Waals surface area (Å²) in [7, 11) is 1.66. The molecule has 0 spiro atoms. The fourth-order valence-corrected chi connectivity index (χ4v) is 1.91. The second-order valence-electron chi connectivity index (χ2n) is 4.77. The minimum Gasteiger partial charge on any atom is -0.341 e. The standard InChI is InChI=1S/C14H20F2N2O/c1-10(4-3-7-17)14(19)18(2)9-11-5-6-12(15)13(16)8-11/h5-6,8,10H,3-4,7,9,17H2,1-2H3. The lowest BCUT2D eigenvalue weighted by Gasteiger charge is -2.21. The minimum atomic E-state index is -0.894. The molecule has 0 fully saturated rings. The van der Waals surface area contributed by atoms with E-state index in [0.717, 1.165) is 25.0 Å². The molecule has 2 N–H and O–H groups in total. The van der Waals surface area contributed by atoms with Crippen LogP contribution in [0.2, 0.25) is 0 Å². The van der Waals surface area contributed by atoms with E-state index in [-0.39, 0.29) is 18.4 Å². The average Bonchev–Trinajstić information content (AvgIpc) is 2.39. The normalized spacial score (nSPS) is 12.3. The van der Waals surface area contributed by atoms with Crippen molar-refractivity contribution in [3.8, 4) is 0 Å². The first kappa shape index (κ1) is 15.6. The highest BCUT2D eigenvalue weighted by atomic mass is 19.2. The zero-order chi connectivity index (χ0) is 14.4. The second-order valence-corrected chi connectivity index (χ2v) is 4.77. The number of carbonyl (C=O) groups is 1. The lowest BCUT2D eigenvalue weighted by molar-refractivity contribution is -0.134. The number of nitrogens with zero attached hydrogens (tertiary/aromatic N) is 1. The third-order valence-corrected chi connectivity index (χ3v) is 3.04. The Morgan fingerprint density at radius 2 is 2.05 bits per heavy atom. The van der Waals surface area contributed by atoms with Crippen LogP contribution in [0.4, 0.5) is 8.78 Å². The Labute approximate surface area is 112 Å². The third-order valence-electron chi connectivity index (χ3n) is 3.04. The maximum absolute atomic E-state index is 13.1. The molecule has 3 nitrogen and oxygen atoms in total. The van der Waals surface area contributed by atoms with Gasteiger partial charge in [-0.3, -0.25) is 4.79 Å². The molecule has 5 heteroatoms. The van der Waals surface area contributed by atoms with Crippen LogP contribution in [-0.4, -0.2) is 24.4 Å². The van der Waals surface area contributed by atoms with Crippen molar-refractivity contribution in [1.29, 1.82) is 0 Å². The number of benzene rings is 1. The van der Waals surface area contributed by atoms with Gasteiger partial charge in [-0.15, -0.1) is 0 Å². The second kappa shape index (κ2) is 7.19. The molecule has 1 aromatic rings. The molecule has 0 aromatic heterocycles. The summed E-state index contributed by atoms with van der Waals surface area (Å²) >= 11 is 0. The Morgan fingerprint density at radius 3 is 2.63 bits per heavy atom. The highest BCUT2D eigenvalue weighted by Crippen LogP contribution is 2.13. The molecule has 0 saturated carbocycles. The monoisotopic (exact) mass is 270 g/mol. The van der Waals surface area contributed by atoms with Crippen molar-refractivity contribution in [1.82, 2.24) is 4.90 Å².